The predicted molar refractivity (Wildman–Crippen MR) is 90.1 cm³/mol. The van der Waals surface area contributed by atoms with Crippen LogP contribution in [0.2, 0.25) is 0 Å². The lowest BCUT2D eigenvalue weighted by Gasteiger charge is -2.12. The maximum Gasteiger partial charge on any atom is 0.257 e. The maximum atomic E-state index is 12.2. The molecule has 22 heavy (non-hydrogen) atoms. The van der Waals surface area contributed by atoms with Crippen LogP contribution in [0.5, 0.6) is 5.75 Å². The van der Waals surface area contributed by atoms with E-state index < -0.39 is 0 Å². The molecule has 0 aliphatic carbocycles. The summed E-state index contributed by atoms with van der Waals surface area (Å²) in [4.78, 5) is 16.2. The highest BCUT2D eigenvalue weighted by molar-refractivity contribution is 7.80. The van der Waals surface area contributed by atoms with Crippen molar-refractivity contribution in [2.75, 3.05) is 5.32 Å². The topological polar surface area (TPSA) is 63.2 Å². The minimum Gasteiger partial charge on any atom is -0.491 e. The van der Waals surface area contributed by atoms with Gasteiger partial charge in [-0.15, -0.1) is 0 Å². The molecular weight excluding hydrogens is 298 g/mol. The van der Waals surface area contributed by atoms with E-state index in [-0.39, 0.29) is 17.1 Å². The number of thiocarbonyl (C=S) groups is 1. The lowest BCUT2D eigenvalue weighted by Crippen LogP contribution is -2.34. The van der Waals surface area contributed by atoms with Crippen LogP contribution in [0.15, 0.2) is 48.7 Å². The van der Waals surface area contributed by atoms with Gasteiger partial charge in [-0.25, -0.2) is 4.98 Å². The third-order valence-corrected chi connectivity index (χ3v) is 2.81. The van der Waals surface area contributed by atoms with E-state index in [9.17, 15) is 4.79 Å². The molecule has 0 unspecified atom stereocenters. The SMILES string of the molecule is CC(C)Oc1cccc(C(=O)NC(=S)Nc2ccccn2)c1. The summed E-state index contributed by atoms with van der Waals surface area (Å²) in [5, 5.41) is 5.65. The molecule has 6 heteroatoms. The maximum absolute atomic E-state index is 12.2. The number of nitrogens with one attached hydrogen (secondary N) is 2. The number of nitrogens with zero attached hydrogens (tertiary/aromatic N) is 1. The highest BCUT2D eigenvalue weighted by Crippen LogP contribution is 2.14. The number of pyridine rings is 1. The van der Waals surface area contributed by atoms with Crippen molar-refractivity contribution in [1.29, 1.82) is 0 Å². The Bertz CT molecular complexity index is 659. The molecule has 0 atom stereocenters. The number of hydrogen-bond donors (Lipinski definition) is 2. The van der Waals surface area contributed by atoms with E-state index in [4.69, 9.17) is 17.0 Å². The Morgan fingerprint density at radius 1 is 1.23 bits per heavy atom. The Balaban J connectivity index is 1.98. The Hall–Kier alpha value is -2.47. The molecule has 0 aliphatic heterocycles. The third-order valence-electron chi connectivity index (χ3n) is 2.60. The molecular formula is C16H17N3O2S. The van der Waals surface area contributed by atoms with Crippen LogP contribution in [-0.2, 0) is 0 Å². The van der Waals surface area contributed by atoms with E-state index in [0.29, 0.717) is 17.1 Å². The zero-order valence-electron chi connectivity index (χ0n) is 12.4. The summed E-state index contributed by atoms with van der Waals surface area (Å²) in [7, 11) is 0. The summed E-state index contributed by atoms with van der Waals surface area (Å²) in [6.45, 7) is 3.86. The first kappa shape index (κ1) is 15.9. The van der Waals surface area contributed by atoms with Crippen LogP contribution >= 0.6 is 12.2 Å². The van der Waals surface area contributed by atoms with Crippen LogP contribution in [0.4, 0.5) is 5.82 Å². The van der Waals surface area contributed by atoms with Gasteiger partial charge in [0.05, 0.1) is 6.10 Å². The molecule has 1 aromatic heterocycles. The van der Waals surface area contributed by atoms with Crippen LogP contribution in [0, 0.1) is 0 Å². The fourth-order valence-corrected chi connectivity index (χ4v) is 1.94. The second-order valence-corrected chi connectivity index (χ2v) is 5.23. The number of carbonyl (C=O) groups excluding carboxylic acids is 1. The monoisotopic (exact) mass is 315 g/mol. The van der Waals surface area contributed by atoms with Crippen molar-refractivity contribution < 1.29 is 9.53 Å². The van der Waals surface area contributed by atoms with Gasteiger partial charge in [-0.05, 0) is 56.4 Å². The lowest BCUT2D eigenvalue weighted by molar-refractivity contribution is 0.0977. The van der Waals surface area contributed by atoms with Crippen molar-refractivity contribution in [1.82, 2.24) is 10.3 Å². The number of carbonyl (C=O) groups is 1. The van der Waals surface area contributed by atoms with Crippen LogP contribution in [-0.4, -0.2) is 22.1 Å². The number of benzene rings is 1. The van der Waals surface area contributed by atoms with Crippen molar-refractivity contribution in [3.05, 3.63) is 54.2 Å². The Labute approximate surface area is 134 Å². The van der Waals surface area contributed by atoms with Gasteiger partial charge in [-0.1, -0.05) is 12.1 Å². The Morgan fingerprint density at radius 2 is 2.05 bits per heavy atom. The number of anilines is 1. The summed E-state index contributed by atoms with van der Waals surface area (Å²) in [6.07, 6.45) is 1.68. The van der Waals surface area contributed by atoms with E-state index in [0.717, 1.165) is 0 Å². The van der Waals surface area contributed by atoms with E-state index in [2.05, 4.69) is 15.6 Å². The van der Waals surface area contributed by atoms with Gasteiger partial charge >= 0.3 is 0 Å². The minimum absolute atomic E-state index is 0.0465. The van der Waals surface area contributed by atoms with Gasteiger partial charge in [0.1, 0.15) is 11.6 Å². The zero-order valence-corrected chi connectivity index (χ0v) is 13.2. The van der Waals surface area contributed by atoms with Crippen molar-refractivity contribution in [3.8, 4) is 5.75 Å². The molecule has 1 heterocycles. The quantitative estimate of drug-likeness (QED) is 0.849. The summed E-state index contributed by atoms with van der Waals surface area (Å²) in [6, 6.07) is 12.3. The molecule has 0 radical (unpaired) electrons. The normalized spacial score (nSPS) is 10.1. The minimum atomic E-state index is -0.303. The van der Waals surface area contributed by atoms with Gasteiger partial charge in [-0.3, -0.25) is 10.1 Å². The van der Waals surface area contributed by atoms with Crippen molar-refractivity contribution in [2.45, 2.75) is 20.0 Å². The van der Waals surface area contributed by atoms with Crippen LogP contribution in [0.3, 0.4) is 0 Å². The molecule has 0 saturated carbocycles. The number of aromatic nitrogens is 1. The summed E-state index contributed by atoms with van der Waals surface area (Å²) in [5.41, 5.74) is 0.475. The lowest BCUT2D eigenvalue weighted by atomic mass is 10.2. The van der Waals surface area contributed by atoms with E-state index in [1.54, 1.807) is 42.6 Å². The highest BCUT2D eigenvalue weighted by atomic mass is 32.1. The smallest absolute Gasteiger partial charge is 0.257 e. The first-order valence-electron chi connectivity index (χ1n) is 6.84. The first-order chi connectivity index (χ1) is 10.5. The van der Waals surface area contributed by atoms with Crippen LogP contribution in [0.1, 0.15) is 24.2 Å². The van der Waals surface area contributed by atoms with Gasteiger partial charge in [0, 0.05) is 11.8 Å². The standard InChI is InChI=1S/C16H17N3O2S/c1-11(2)21-13-7-5-6-12(10-13)15(20)19-16(22)18-14-8-3-4-9-17-14/h3-11H,1-2H3,(H2,17,18,19,20,22). The molecule has 2 aromatic rings. The number of ether oxygens (including phenoxy) is 1. The van der Waals surface area contributed by atoms with Gasteiger partial charge in [0.15, 0.2) is 5.11 Å². The van der Waals surface area contributed by atoms with E-state index >= 15 is 0 Å². The molecule has 1 aromatic carbocycles. The van der Waals surface area contributed by atoms with Crippen molar-refractivity contribution >= 4 is 29.1 Å². The molecule has 2 N–H and O–H groups in total. The predicted octanol–water partition coefficient (Wildman–Crippen LogP) is 3.00. The molecule has 0 bridgehead atoms. The van der Waals surface area contributed by atoms with Crippen molar-refractivity contribution in [2.24, 2.45) is 0 Å². The van der Waals surface area contributed by atoms with Crippen LogP contribution < -0.4 is 15.4 Å². The van der Waals surface area contributed by atoms with Crippen LogP contribution in [0.25, 0.3) is 0 Å². The molecule has 0 saturated heterocycles. The van der Waals surface area contributed by atoms with E-state index in [1.807, 2.05) is 19.9 Å². The Kier molecular flexibility index (Phi) is 5.43. The van der Waals surface area contributed by atoms with Crippen molar-refractivity contribution in [3.63, 3.8) is 0 Å². The fraction of sp³-hybridized carbons (Fsp3) is 0.188. The van der Waals surface area contributed by atoms with Gasteiger partial charge in [0.2, 0.25) is 0 Å². The summed E-state index contributed by atoms with van der Waals surface area (Å²) in [5.74, 6) is 0.915. The molecule has 5 nitrogen and oxygen atoms in total. The molecule has 114 valence electrons. The fourth-order valence-electron chi connectivity index (χ4n) is 1.74. The number of rotatable bonds is 4. The molecule has 0 spiro atoms. The molecule has 2 rings (SSSR count). The second kappa shape index (κ2) is 7.51. The number of hydrogen-bond acceptors (Lipinski definition) is 4. The van der Waals surface area contributed by atoms with Gasteiger partial charge in [-0.2, -0.15) is 0 Å². The summed E-state index contributed by atoms with van der Waals surface area (Å²) >= 11 is 5.10. The molecule has 0 aliphatic rings. The van der Waals surface area contributed by atoms with E-state index in [1.165, 1.54) is 0 Å². The number of amides is 1. The molecule has 0 fully saturated rings. The molecule has 1 amide bonds. The average molecular weight is 315 g/mol. The van der Waals surface area contributed by atoms with Gasteiger partial charge < -0.3 is 10.1 Å². The summed E-state index contributed by atoms with van der Waals surface area (Å²) < 4.78 is 5.57. The average Bonchev–Trinajstić information content (AvgIpc) is 2.47. The Morgan fingerprint density at radius 3 is 2.73 bits per heavy atom. The first-order valence-corrected chi connectivity index (χ1v) is 7.25. The largest absolute Gasteiger partial charge is 0.491 e. The van der Waals surface area contributed by atoms with Gasteiger partial charge in [0.25, 0.3) is 5.91 Å². The second-order valence-electron chi connectivity index (χ2n) is 4.82. The highest BCUT2D eigenvalue weighted by Gasteiger charge is 2.09. The zero-order chi connectivity index (χ0) is 15.9. The third kappa shape index (κ3) is 4.82.